The molecule has 0 unspecified atom stereocenters. The van der Waals surface area contributed by atoms with Gasteiger partial charge in [0.1, 0.15) is 12.2 Å². The lowest BCUT2D eigenvalue weighted by molar-refractivity contribution is -0.134. The second kappa shape index (κ2) is 7.98. The number of hydrogen-bond donors (Lipinski definition) is 1. The molecule has 2 aromatic rings. The Morgan fingerprint density at radius 1 is 1.25 bits per heavy atom. The van der Waals surface area contributed by atoms with Crippen molar-refractivity contribution < 1.29 is 4.79 Å². The van der Waals surface area contributed by atoms with Crippen molar-refractivity contribution in [3.8, 4) is 0 Å². The number of amides is 1. The van der Waals surface area contributed by atoms with E-state index >= 15 is 0 Å². The van der Waals surface area contributed by atoms with E-state index in [1.807, 2.05) is 29.0 Å². The first kappa shape index (κ1) is 16.5. The predicted octanol–water partition coefficient (Wildman–Crippen LogP) is -0.0241. The van der Waals surface area contributed by atoms with Crippen LogP contribution in [0.2, 0.25) is 0 Å². The Hall–Kier alpha value is -2.32. The van der Waals surface area contributed by atoms with Gasteiger partial charge < -0.3 is 4.90 Å². The number of nitrogens with zero attached hydrogens (tertiary/aromatic N) is 6. The van der Waals surface area contributed by atoms with E-state index < -0.39 is 0 Å². The number of H-pyrrole nitrogens is 1. The summed E-state index contributed by atoms with van der Waals surface area (Å²) in [5.41, 5.74) is 1.16. The van der Waals surface area contributed by atoms with E-state index in [1.165, 1.54) is 6.33 Å². The summed E-state index contributed by atoms with van der Waals surface area (Å²) in [6.45, 7) is 5.18. The number of carbonyl (C=O) groups is 1. The topological polar surface area (TPSA) is 81.3 Å². The van der Waals surface area contributed by atoms with Gasteiger partial charge in [0, 0.05) is 45.1 Å². The summed E-state index contributed by atoms with van der Waals surface area (Å²) in [6.07, 6.45) is 5.07. The molecule has 8 heteroatoms. The van der Waals surface area contributed by atoms with Gasteiger partial charge >= 0.3 is 0 Å². The van der Waals surface area contributed by atoms with Crippen LogP contribution in [0.5, 0.6) is 0 Å². The Bertz CT molecular complexity index is 623. The molecule has 2 aromatic heterocycles. The molecule has 1 aliphatic rings. The Labute approximate surface area is 141 Å². The number of nitrogens with one attached hydrogen (secondary N) is 1. The molecule has 1 saturated heterocycles. The maximum atomic E-state index is 12.4. The van der Waals surface area contributed by atoms with Gasteiger partial charge in [0.2, 0.25) is 5.91 Å². The van der Waals surface area contributed by atoms with Crippen LogP contribution in [-0.2, 0) is 17.9 Å². The average molecular weight is 329 g/mol. The molecule has 0 saturated carbocycles. The number of aromatic amines is 1. The lowest BCUT2D eigenvalue weighted by Crippen LogP contribution is -2.50. The zero-order valence-electron chi connectivity index (χ0n) is 13.9. The largest absolute Gasteiger partial charge is 0.339 e. The summed E-state index contributed by atoms with van der Waals surface area (Å²) in [4.78, 5) is 26.9. The van der Waals surface area contributed by atoms with Crippen molar-refractivity contribution in [3.63, 3.8) is 0 Å². The van der Waals surface area contributed by atoms with Crippen LogP contribution in [0.25, 0.3) is 0 Å². The van der Waals surface area contributed by atoms with Gasteiger partial charge in [-0.25, -0.2) is 4.98 Å². The highest BCUT2D eigenvalue weighted by molar-refractivity contribution is 5.78. The van der Waals surface area contributed by atoms with Crippen LogP contribution in [0.3, 0.4) is 0 Å². The third-order valence-electron chi connectivity index (χ3n) is 4.17. The first-order chi connectivity index (χ1) is 11.7. The monoisotopic (exact) mass is 329 g/mol. The number of hydrogen-bond acceptors (Lipinski definition) is 6. The van der Waals surface area contributed by atoms with Crippen LogP contribution < -0.4 is 0 Å². The van der Waals surface area contributed by atoms with Crippen LogP contribution in [0.1, 0.15) is 11.4 Å². The number of carbonyl (C=O) groups excluding carboxylic acids is 1. The molecule has 128 valence electrons. The Kier molecular flexibility index (Phi) is 5.50. The molecule has 0 radical (unpaired) electrons. The molecule has 0 spiro atoms. The van der Waals surface area contributed by atoms with Crippen molar-refractivity contribution in [1.82, 2.24) is 34.9 Å². The van der Waals surface area contributed by atoms with Gasteiger partial charge in [-0.15, -0.1) is 0 Å². The van der Waals surface area contributed by atoms with Gasteiger partial charge in [-0.3, -0.25) is 24.7 Å². The normalized spacial score (nSPS) is 15.8. The third kappa shape index (κ3) is 4.59. The van der Waals surface area contributed by atoms with Crippen molar-refractivity contribution >= 4 is 5.91 Å². The van der Waals surface area contributed by atoms with E-state index in [1.54, 1.807) is 12.4 Å². The minimum atomic E-state index is 0.186. The summed E-state index contributed by atoms with van der Waals surface area (Å²) >= 11 is 0. The van der Waals surface area contributed by atoms with Crippen molar-refractivity contribution in [1.29, 1.82) is 0 Å². The Morgan fingerprint density at radius 2 is 2.00 bits per heavy atom. The molecular weight excluding hydrogens is 306 g/mol. The highest BCUT2D eigenvalue weighted by atomic mass is 16.2. The lowest BCUT2D eigenvalue weighted by atomic mass is 10.2. The number of pyridine rings is 1. The first-order valence-electron chi connectivity index (χ1n) is 8.12. The van der Waals surface area contributed by atoms with E-state index in [9.17, 15) is 4.79 Å². The lowest BCUT2D eigenvalue weighted by Gasteiger charge is -2.35. The highest BCUT2D eigenvalue weighted by Gasteiger charge is 2.22. The van der Waals surface area contributed by atoms with E-state index in [2.05, 4.69) is 25.1 Å². The number of piperazine rings is 1. The quantitative estimate of drug-likeness (QED) is 0.802. The summed E-state index contributed by atoms with van der Waals surface area (Å²) in [5, 5.41) is 6.73. The van der Waals surface area contributed by atoms with Crippen LogP contribution >= 0.6 is 0 Å². The fourth-order valence-corrected chi connectivity index (χ4v) is 2.86. The summed E-state index contributed by atoms with van der Waals surface area (Å²) < 4.78 is 0. The first-order valence-corrected chi connectivity index (χ1v) is 8.12. The molecule has 24 heavy (non-hydrogen) atoms. The van der Waals surface area contributed by atoms with Gasteiger partial charge in [0.15, 0.2) is 0 Å². The molecule has 3 rings (SSSR count). The van der Waals surface area contributed by atoms with E-state index in [4.69, 9.17) is 0 Å². The minimum Gasteiger partial charge on any atom is -0.339 e. The van der Waals surface area contributed by atoms with E-state index in [0.29, 0.717) is 6.54 Å². The molecule has 0 aromatic carbocycles. The van der Waals surface area contributed by atoms with Crippen molar-refractivity contribution in [3.05, 3.63) is 42.2 Å². The van der Waals surface area contributed by atoms with E-state index in [0.717, 1.165) is 50.7 Å². The maximum Gasteiger partial charge on any atom is 0.236 e. The maximum absolute atomic E-state index is 12.4. The molecular formula is C16H23N7O. The van der Waals surface area contributed by atoms with Crippen molar-refractivity contribution in [2.75, 3.05) is 39.8 Å². The van der Waals surface area contributed by atoms with Crippen LogP contribution in [0.4, 0.5) is 0 Å². The van der Waals surface area contributed by atoms with Crippen LogP contribution in [0, 0.1) is 0 Å². The molecule has 1 fully saturated rings. The van der Waals surface area contributed by atoms with Crippen LogP contribution in [0.15, 0.2) is 30.9 Å². The zero-order valence-corrected chi connectivity index (χ0v) is 13.9. The third-order valence-corrected chi connectivity index (χ3v) is 4.17. The van der Waals surface area contributed by atoms with Gasteiger partial charge in [-0.2, -0.15) is 5.10 Å². The number of rotatable bonds is 6. The number of likely N-dealkylation sites (N-methyl/N-ethyl adjacent to an activating group) is 1. The molecule has 0 atom stereocenters. The molecule has 3 heterocycles. The second-order valence-corrected chi connectivity index (χ2v) is 6.12. The number of aromatic nitrogens is 4. The molecule has 0 aliphatic carbocycles. The van der Waals surface area contributed by atoms with Gasteiger partial charge in [-0.05, 0) is 24.7 Å². The van der Waals surface area contributed by atoms with Gasteiger partial charge in [0.25, 0.3) is 0 Å². The second-order valence-electron chi connectivity index (χ2n) is 6.12. The zero-order chi connectivity index (χ0) is 16.8. The SMILES string of the molecule is CN(CC(=O)N1CCN(Cc2ncn[nH]2)CC1)Cc1ccncc1. The summed E-state index contributed by atoms with van der Waals surface area (Å²) in [7, 11) is 1.97. The Balaban J connectivity index is 1.41. The molecule has 1 amide bonds. The van der Waals surface area contributed by atoms with Gasteiger partial charge in [-0.1, -0.05) is 0 Å². The fourth-order valence-electron chi connectivity index (χ4n) is 2.86. The minimum absolute atomic E-state index is 0.186. The highest BCUT2D eigenvalue weighted by Crippen LogP contribution is 2.07. The van der Waals surface area contributed by atoms with E-state index in [-0.39, 0.29) is 5.91 Å². The van der Waals surface area contributed by atoms with Crippen molar-refractivity contribution in [2.45, 2.75) is 13.1 Å². The van der Waals surface area contributed by atoms with Crippen LogP contribution in [-0.4, -0.2) is 80.5 Å². The molecule has 8 nitrogen and oxygen atoms in total. The standard InChI is InChI=1S/C16H23N7O/c1-21(10-14-2-4-17-5-3-14)12-16(24)23-8-6-22(7-9-23)11-15-18-13-19-20-15/h2-5,13H,6-12H2,1H3,(H,18,19,20). The average Bonchev–Trinajstić information content (AvgIpc) is 3.09. The predicted molar refractivity (Wildman–Crippen MR) is 88.8 cm³/mol. The molecule has 1 N–H and O–H groups in total. The summed E-state index contributed by atoms with van der Waals surface area (Å²) in [6, 6.07) is 3.95. The smallest absolute Gasteiger partial charge is 0.236 e. The molecule has 0 bridgehead atoms. The Morgan fingerprint density at radius 3 is 2.67 bits per heavy atom. The summed E-state index contributed by atoms with van der Waals surface area (Å²) in [5.74, 6) is 1.05. The fraction of sp³-hybridized carbons (Fsp3) is 0.500. The van der Waals surface area contributed by atoms with Gasteiger partial charge in [0.05, 0.1) is 13.1 Å². The molecule has 1 aliphatic heterocycles. The van der Waals surface area contributed by atoms with Crippen molar-refractivity contribution in [2.24, 2.45) is 0 Å².